The molecule has 2 heterocycles. The number of carbonyl (C=O) groups is 3. The van der Waals surface area contributed by atoms with Gasteiger partial charge >= 0.3 is 6.03 Å². The lowest BCUT2D eigenvalue weighted by Crippen LogP contribution is -2.54. The number of benzene rings is 2. The van der Waals surface area contributed by atoms with Crippen LogP contribution in [-0.4, -0.2) is 31.2 Å². The van der Waals surface area contributed by atoms with E-state index in [2.05, 4.69) is 5.32 Å². The molecule has 0 unspecified atom stereocenters. The largest absolute Gasteiger partial charge is 0.493 e. The summed E-state index contributed by atoms with van der Waals surface area (Å²) in [5.41, 5.74) is 1.53. The SMILES string of the molecule is CCOc1cc2c(cc1/C=C1/C(=O)NC(=O)N(c3cccc(C)c3)C1=O)OCO2. The summed E-state index contributed by atoms with van der Waals surface area (Å²) in [4.78, 5) is 38.7. The molecule has 0 aliphatic carbocycles. The smallest absolute Gasteiger partial charge is 0.335 e. The third-order valence-corrected chi connectivity index (χ3v) is 4.47. The highest BCUT2D eigenvalue weighted by atomic mass is 16.7. The van der Waals surface area contributed by atoms with Crippen molar-refractivity contribution in [2.75, 3.05) is 18.3 Å². The molecule has 148 valence electrons. The molecule has 0 spiro atoms. The summed E-state index contributed by atoms with van der Waals surface area (Å²) >= 11 is 0. The van der Waals surface area contributed by atoms with Gasteiger partial charge in [0.05, 0.1) is 12.3 Å². The van der Waals surface area contributed by atoms with E-state index in [1.54, 1.807) is 30.3 Å². The van der Waals surface area contributed by atoms with Crippen LogP contribution in [0.4, 0.5) is 10.5 Å². The number of anilines is 1. The van der Waals surface area contributed by atoms with Gasteiger partial charge in [0.25, 0.3) is 11.8 Å². The number of amides is 4. The highest BCUT2D eigenvalue weighted by Gasteiger charge is 2.37. The number of nitrogens with zero attached hydrogens (tertiary/aromatic N) is 1. The molecular weight excluding hydrogens is 376 g/mol. The zero-order valence-corrected chi connectivity index (χ0v) is 15.9. The normalized spacial score (nSPS) is 17.0. The van der Waals surface area contributed by atoms with Gasteiger partial charge in [-0.15, -0.1) is 0 Å². The Hall–Kier alpha value is -3.81. The number of carbonyl (C=O) groups excluding carboxylic acids is 3. The van der Waals surface area contributed by atoms with Crippen molar-refractivity contribution < 1.29 is 28.6 Å². The summed E-state index contributed by atoms with van der Waals surface area (Å²) in [5, 5.41) is 2.21. The second-order valence-electron chi connectivity index (χ2n) is 6.47. The van der Waals surface area contributed by atoms with Gasteiger partial charge in [-0.2, -0.15) is 0 Å². The lowest BCUT2D eigenvalue weighted by Gasteiger charge is -2.26. The van der Waals surface area contributed by atoms with Crippen LogP contribution in [0.1, 0.15) is 18.1 Å². The molecule has 2 aliphatic heterocycles. The molecule has 29 heavy (non-hydrogen) atoms. The molecule has 1 fully saturated rings. The molecule has 4 rings (SSSR count). The molecule has 0 atom stereocenters. The van der Waals surface area contributed by atoms with Gasteiger partial charge in [-0.1, -0.05) is 12.1 Å². The number of hydrogen-bond acceptors (Lipinski definition) is 6. The number of barbiturate groups is 1. The predicted molar refractivity (Wildman–Crippen MR) is 104 cm³/mol. The third-order valence-electron chi connectivity index (χ3n) is 4.47. The Kier molecular flexibility index (Phi) is 4.67. The molecule has 4 amide bonds. The number of rotatable bonds is 4. The molecule has 2 aromatic carbocycles. The van der Waals surface area contributed by atoms with E-state index in [1.807, 2.05) is 19.9 Å². The van der Waals surface area contributed by atoms with E-state index < -0.39 is 17.8 Å². The van der Waals surface area contributed by atoms with Crippen LogP contribution in [0.5, 0.6) is 17.2 Å². The van der Waals surface area contributed by atoms with Crippen LogP contribution in [0, 0.1) is 6.92 Å². The van der Waals surface area contributed by atoms with E-state index in [1.165, 1.54) is 6.08 Å². The number of imide groups is 2. The zero-order valence-electron chi connectivity index (χ0n) is 15.9. The van der Waals surface area contributed by atoms with Gasteiger partial charge in [-0.3, -0.25) is 14.9 Å². The molecule has 0 saturated carbocycles. The summed E-state index contributed by atoms with van der Waals surface area (Å²) in [6.45, 7) is 4.12. The van der Waals surface area contributed by atoms with Gasteiger partial charge in [-0.25, -0.2) is 9.69 Å². The van der Waals surface area contributed by atoms with Gasteiger partial charge in [0, 0.05) is 11.6 Å². The maximum Gasteiger partial charge on any atom is 0.335 e. The fourth-order valence-corrected chi connectivity index (χ4v) is 3.15. The molecule has 1 N–H and O–H groups in total. The van der Waals surface area contributed by atoms with Crippen LogP contribution < -0.4 is 24.4 Å². The summed E-state index contributed by atoms with van der Waals surface area (Å²) < 4.78 is 16.3. The van der Waals surface area contributed by atoms with Crippen LogP contribution >= 0.6 is 0 Å². The fraction of sp³-hybridized carbons (Fsp3) is 0.190. The van der Waals surface area contributed by atoms with Crippen molar-refractivity contribution in [2.24, 2.45) is 0 Å². The molecule has 8 heteroatoms. The molecule has 2 aromatic rings. The topological polar surface area (TPSA) is 94.2 Å². The lowest BCUT2D eigenvalue weighted by atomic mass is 10.0. The standard InChI is InChI=1S/C21H18N2O6/c1-3-27-16-10-18-17(28-11-29-18)9-13(16)8-15-19(24)22-21(26)23(20(15)25)14-6-4-5-12(2)7-14/h4-10H,3,11H2,1-2H3,(H,22,24,26)/b15-8-. The fourth-order valence-electron chi connectivity index (χ4n) is 3.15. The lowest BCUT2D eigenvalue weighted by molar-refractivity contribution is -0.122. The number of ether oxygens (including phenoxy) is 3. The minimum Gasteiger partial charge on any atom is -0.493 e. The van der Waals surface area contributed by atoms with Crippen LogP contribution in [0.3, 0.4) is 0 Å². The Bertz CT molecular complexity index is 1060. The van der Waals surface area contributed by atoms with E-state index in [-0.39, 0.29) is 12.4 Å². The molecule has 2 aliphatic rings. The summed E-state index contributed by atoms with van der Waals surface area (Å²) in [5.74, 6) is -0.0560. The van der Waals surface area contributed by atoms with E-state index in [0.717, 1.165) is 10.5 Å². The Morgan fingerprint density at radius 2 is 1.90 bits per heavy atom. The summed E-state index contributed by atoms with van der Waals surface area (Å²) in [6, 6.07) is 9.38. The van der Waals surface area contributed by atoms with Crippen LogP contribution in [-0.2, 0) is 9.59 Å². The maximum absolute atomic E-state index is 13.0. The second-order valence-corrected chi connectivity index (χ2v) is 6.47. The van der Waals surface area contributed by atoms with Gasteiger partial charge in [0.1, 0.15) is 11.3 Å². The second kappa shape index (κ2) is 7.31. The number of nitrogens with one attached hydrogen (secondary N) is 1. The predicted octanol–water partition coefficient (Wildman–Crippen LogP) is 2.79. The Balaban J connectivity index is 1.77. The first-order chi connectivity index (χ1) is 14.0. The van der Waals surface area contributed by atoms with Crippen molar-refractivity contribution in [3.63, 3.8) is 0 Å². The van der Waals surface area contributed by atoms with E-state index in [4.69, 9.17) is 14.2 Å². The number of aryl methyl sites for hydroxylation is 1. The highest BCUT2D eigenvalue weighted by Crippen LogP contribution is 2.39. The third kappa shape index (κ3) is 3.40. The average Bonchev–Trinajstić information content (AvgIpc) is 3.12. The van der Waals surface area contributed by atoms with Gasteiger partial charge in [-0.05, 0) is 43.7 Å². The van der Waals surface area contributed by atoms with Gasteiger partial charge in [0.15, 0.2) is 11.5 Å². The van der Waals surface area contributed by atoms with E-state index in [9.17, 15) is 14.4 Å². The average molecular weight is 394 g/mol. The van der Waals surface area contributed by atoms with Crippen molar-refractivity contribution in [3.05, 3.63) is 53.1 Å². The number of urea groups is 1. The summed E-state index contributed by atoms with van der Waals surface area (Å²) in [6.07, 6.45) is 1.39. The molecule has 0 bridgehead atoms. The molecule has 0 radical (unpaired) electrons. The molecule has 1 saturated heterocycles. The van der Waals surface area contributed by atoms with Crippen molar-refractivity contribution in [1.29, 1.82) is 0 Å². The van der Waals surface area contributed by atoms with Crippen molar-refractivity contribution in [3.8, 4) is 17.2 Å². The number of fused-ring (bicyclic) bond motifs is 1. The van der Waals surface area contributed by atoms with E-state index >= 15 is 0 Å². The Morgan fingerprint density at radius 3 is 2.62 bits per heavy atom. The van der Waals surface area contributed by atoms with Crippen LogP contribution in [0.15, 0.2) is 42.0 Å². The molecule has 8 nitrogen and oxygen atoms in total. The van der Waals surface area contributed by atoms with Gasteiger partial charge in [0.2, 0.25) is 6.79 Å². The Morgan fingerprint density at radius 1 is 1.14 bits per heavy atom. The maximum atomic E-state index is 13.0. The van der Waals surface area contributed by atoms with Crippen molar-refractivity contribution >= 4 is 29.6 Å². The quantitative estimate of drug-likeness (QED) is 0.633. The Labute approximate surface area is 166 Å². The molecular formula is C21H18N2O6. The highest BCUT2D eigenvalue weighted by molar-refractivity contribution is 6.39. The van der Waals surface area contributed by atoms with Crippen molar-refractivity contribution in [1.82, 2.24) is 5.32 Å². The zero-order chi connectivity index (χ0) is 20.5. The van der Waals surface area contributed by atoms with Crippen LogP contribution in [0.25, 0.3) is 6.08 Å². The first-order valence-electron chi connectivity index (χ1n) is 9.02. The number of hydrogen-bond donors (Lipinski definition) is 1. The van der Waals surface area contributed by atoms with Gasteiger partial charge < -0.3 is 14.2 Å². The summed E-state index contributed by atoms with van der Waals surface area (Å²) in [7, 11) is 0. The first-order valence-corrected chi connectivity index (χ1v) is 9.02. The van der Waals surface area contributed by atoms with E-state index in [0.29, 0.717) is 35.1 Å². The van der Waals surface area contributed by atoms with Crippen LogP contribution in [0.2, 0.25) is 0 Å². The minimum absolute atomic E-state index is 0.0793. The molecule has 0 aromatic heterocycles. The monoisotopic (exact) mass is 394 g/mol. The minimum atomic E-state index is -0.793. The van der Waals surface area contributed by atoms with Crippen molar-refractivity contribution in [2.45, 2.75) is 13.8 Å². The first kappa shape index (κ1) is 18.5.